The van der Waals surface area contributed by atoms with Crippen molar-refractivity contribution < 1.29 is 14.2 Å². The molecular formula is C23H25FN6O2S. The number of methoxy groups -OCH3 is 1. The van der Waals surface area contributed by atoms with Gasteiger partial charge in [-0.15, -0.1) is 5.10 Å². The maximum absolute atomic E-state index is 15.0. The lowest BCUT2D eigenvalue weighted by Gasteiger charge is -2.36. The number of benzene rings is 1. The second kappa shape index (κ2) is 9.60. The molecule has 172 valence electrons. The molecule has 1 unspecified atom stereocenters. The quantitative estimate of drug-likeness (QED) is 0.428. The van der Waals surface area contributed by atoms with E-state index in [1.807, 2.05) is 35.2 Å². The molecule has 1 fully saturated rings. The fraction of sp³-hybridized carbons (Fsp3) is 0.391. The van der Waals surface area contributed by atoms with Gasteiger partial charge in [0.25, 0.3) is 0 Å². The monoisotopic (exact) mass is 468 g/mol. The van der Waals surface area contributed by atoms with Crippen LogP contribution in [0.5, 0.6) is 5.75 Å². The number of piperidine rings is 1. The number of aromatic nitrogens is 4. The first-order valence-corrected chi connectivity index (χ1v) is 11.7. The number of ether oxygens (including phenoxy) is 1. The van der Waals surface area contributed by atoms with Gasteiger partial charge in [-0.2, -0.15) is 0 Å². The zero-order valence-electron chi connectivity index (χ0n) is 18.2. The first-order valence-electron chi connectivity index (χ1n) is 10.9. The summed E-state index contributed by atoms with van der Waals surface area (Å²) >= 11 is 1.26. The predicted octanol–water partition coefficient (Wildman–Crippen LogP) is 2.88. The summed E-state index contributed by atoms with van der Waals surface area (Å²) in [4.78, 5) is 11.5. The number of rotatable bonds is 7. The minimum atomic E-state index is -1.03. The summed E-state index contributed by atoms with van der Waals surface area (Å²) in [5.74, 6) is 0.708. The molecule has 0 radical (unpaired) electrons. The highest BCUT2D eigenvalue weighted by atomic mass is 32.1. The number of pyridine rings is 2. The Bertz CT molecular complexity index is 1250. The number of nitrogens with zero attached hydrogens (tertiary/aromatic N) is 5. The Hall–Kier alpha value is -2.79. The number of hydrogen-bond acceptors (Lipinski definition) is 9. The molecule has 4 aromatic rings. The molecule has 10 heteroatoms. The van der Waals surface area contributed by atoms with Crippen LogP contribution in [0.1, 0.15) is 23.7 Å². The maximum Gasteiger partial charge on any atom is 0.163 e. The average Bonchev–Trinajstić information content (AvgIpc) is 3.30. The number of β-amino-alcohol motifs (C(OH)–C–C–N with tert-alkyl or cyclic N) is 1. The Balaban J connectivity index is 1.19. The molecule has 2 N–H and O–H groups in total. The normalized spacial score (nSPS) is 20.3. The number of fused-ring (bicyclic) bond motifs is 2. The van der Waals surface area contributed by atoms with E-state index in [1.165, 1.54) is 11.5 Å². The lowest BCUT2D eigenvalue weighted by atomic mass is 10.00. The predicted molar refractivity (Wildman–Crippen MR) is 125 cm³/mol. The van der Waals surface area contributed by atoms with Crippen molar-refractivity contribution in [3.8, 4) is 5.75 Å². The van der Waals surface area contributed by atoms with Crippen molar-refractivity contribution in [3.05, 3.63) is 53.9 Å². The largest absolute Gasteiger partial charge is 0.497 e. The van der Waals surface area contributed by atoms with Crippen LogP contribution in [0.4, 0.5) is 4.39 Å². The Morgan fingerprint density at radius 1 is 1.27 bits per heavy atom. The molecule has 0 saturated carbocycles. The van der Waals surface area contributed by atoms with Crippen molar-refractivity contribution in [1.82, 2.24) is 29.8 Å². The second-order valence-electron chi connectivity index (χ2n) is 8.29. The highest BCUT2D eigenvalue weighted by Crippen LogP contribution is 2.28. The van der Waals surface area contributed by atoms with E-state index in [9.17, 15) is 9.50 Å². The van der Waals surface area contributed by atoms with Crippen molar-refractivity contribution in [2.75, 3.05) is 26.7 Å². The molecule has 1 aliphatic heterocycles. The highest BCUT2D eigenvalue weighted by Gasteiger charge is 2.30. The molecule has 0 aliphatic carbocycles. The topological polar surface area (TPSA) is 96.3 Å². The van der Waals surface area contributed by atoms with E-state index in [0.29, 0.717) is 31.8 Å². The molecule has 1 aliphatic rings. The van der Waals surface area contributed by atoms with E-state index in [0.717, 1.165) is 32.4 Å². The lowest BCUT2D eigenvalue weighted by molar-refractivity contribution is 0.0571. The number of alkyl halides is 1. The summed E-state index contributed by atoms with van der Waals surface area (Å²) in [7, 11) is 1.61. The zero-order chi connectivity index (χ0) is 22.8. The molecule has 1 aromatic carbocycles. The third-order valence-electron chi connectivity index (χ3n) is 6.13. The van der Waals surface area contributed by atoms with Gasteiger partial charge in [0.05, 0.1) is 18.7 Å². The van der Waals surface area contributed by atoms with Gasteiger partial charge in [-0.1, -0.05) is 4.49 Å². The van der Waals surface area contributed by atoms with Crippen LogP contribution in [0.25, 0.3) is 21.3 Å². The van der Waals surface area contributed by atoms with Crippen LogP contribution in [0.2, 0.25) is 0 Å². The molecule has 0 spiro atoms. The lowest BCUT2D eigenvalue weighted by Crippen LogP contribution is -2.51. The summed E-state index contributed by atoms with van der Waals surface area (Å²) in [5.41, 5.74) is 3.29. The summed E-state index contributed by atoms with van der Waals surface area (Å²) in [5, 5.41) is 19.1. The van der Waals surface area contributed by atoms with Crippen molar-refractivity contribution in [3.63, 3.8) is 0 Å². The van der Waals surface area contributed by atoms with E-state index in [2.05, 4.69) is 24.9 Å². The van der Waals surface area contributed by atoms with Crippen LogP contribution in [0.15, 0.2) is 42.7 Å². The minimum Gasteiger partial charge on any atom is -0.497 e. The maximum atomic E-state index is 15.0. The molecule has 8 nitrogen and oxygen atoms in total. The third-order valence-corrected chi connectivity index (χ3v) is 6.78. The van der Waals surface area contributed by atoms with Crippen LogP contribution in [-0.2, 0) is 6.54 Å². The van der Waals surface area contributed by atoms with E-state index in [-0.39, 0.29) is 12.6 Å². The van der Waals surface area contributed by atoms with Gasteiger partial charge in [-0.3, -0.25) is 9.88 Å². The number of aliphatic hydroxyl groups excluding tert-OH is 1. The Morgan fingerprint density at radius 3 is 3.03 bits per heavy atom. The van der Waals surface area contributed by atoms with E-state index in [4.69, 9.17) is 4.74 Å². The van der Waals surface area contributed by atoms with E-state index in [1.54, 1.807) is 19.5 Å². The van der Waals surface area contributed by atoms with Gasteiger partial charge in [0.1, 0.15) is 17.4 Å². The van der Waals surface area contributed by atoms with E-state index >= 15 is 0 Å². The molecule has 3 aromatic heterocycles. The molecule has 5 rings (SSSR count). The molecule has 1 saturated heterocycles. The molecule has 4 heterocycles. The van der Waals surface area contributed by atoms with Crippen LogP contribution in [-0.4, -0.2) is 68.5 Å². The zero-order valence-corrected chi connectivity index (χ0v) is 19.0. The highest BCUT2D eigenvalue weighted by molar-refractivity contribution is 7.12. The molecular weight excluding hydrogens is 443 g/mol. The van der Waals surface area contributed by atoms with Gasteiger partial charge in [0.2, 0.25) is 0 Å². The van der Waals surface area contributed by atoms with Crippen molar-refractivity contribution in [1.29, 1.82) is 0 Å². The fourth-order valence-corrected chi connectivity index (χ4v) is 4.84. The third kappa shape index (κ3) is 4.79. The summed E-state index contributed by atoms with van der Waals surface area (Å²) in [6, 6.07) is 9.11. The van der Waals surface area contributed by atoms with Crippen molar-refractivity contribution in [2.45, 2.75) is 31.3 Å². The first-order chi connectivity index (χ1) is 16.1. The van der Waals surface area contributed by atoms with Crippen LogP contribution in [0.3, 0.4) is 0 Å². The first kappa shape index (κ1) is 22.0. The molecule has 0 bridgehead atoms. The van der Waals surface area contributed by atoms with Gasteiger partial charge in [-0.25, -0.2) is 9.37 Å². The number of halogens is 1. The van der Waals surface area contributed by atoms with Crippen molar-refractivity contribution >= 4 is 32.8 Å². The van der Waals surface area contributed by atoms with Crippen molar-refractivity contribution in [2.24, 2.45) is 0 Å². The Morgan fingerprint density at radius 2 is 2.18 bits per heavy atom. The number of hydrogen-bond donors (Lipinski definition) is 2. The van der Waals surface area contributed by atoms with Gasteiger partial charge in [0, 0.05) is 55.0 Å². The van der Waals surface area contributed by atoms with E-state index < -0.39 is 12.3 Å². The Labute approximate surface area is 194 Å². The second-order valence-corrected chi connectivity index (χ2v) is 9.02. The number of aliphatic hydroxyl groups is 1. The smallest absolute Gasteiger partial charge is 0.163 e. The summed E-state index contributed by atoms with van der Waals surface area (Å²) < 4.78 is 24.2. The van der Waals surface area contributed by atoms with Gasteiger partial charge in [0.15, 0.2) is 4.83 Å². The van der Waals surface area contributed by atoms with Crippen LogP contribution >= 0.6 is 11.5 Å². The SMILES string of the molecule is COc1ccc2nccc([C@@H](O)CN3CCC(NCc4cnc5snnc5c4)[C@H](F)C3)c2c1. The fourth-order valence-electron chi connectivity index (χ4n) is 4.34. The van der Waals surface area contributed by atoms with Crippen LogP contribution in [0, 0.1) is 0 Å². The van der Waals surface area contributed by atoms with Crippen LogP contribution < -0.4 is 10.1 Å². The standard InChI is InChI=1S/C23H25FN6O2S/c1-32-15-2-3-19-17(9-15)16(4-6-25-19)22(31)13-30-7-5-20(18(24)12-30)26-10-14-8-21-23(27-11-14)33-29-28-21/h2-4,6,8-9,11,18,20,22,26,31H,5,7,10,12-13H2,1H3/t18-,20?,22+/m1/s1. The summed E-state index contributed by atoms with van der Waals surface area (Å²) in [6.07, 6.45) is 2.35. The van der Waals surface area contributed by atoms with Gasteiger partial charge in [-0.05, 0) is 54.4 Å². The number of likely N-dealkylation sites (tertiary alicyclic amines) is 1. The van der Waals surface area contributed by atoms with Gasteiger partial charge >= 0.3 is 0 Å². The summed E-state index contributed by atoms with van der Waals surface area (Å²) in [6.45, 7) is 1.86. The number of nitrogens with one attached hydrogen (secondary N) is 1. The molecule has 3 atom stereocenters. The minimum absolute atomic E-state index is 0.242. The van der Waals surface area contributed by atoms with Gasteiger partial charge < -0.3 is 15.2 Å². The molecule has 0 amide bonds. The average molecular weight is 469 g/mol. The Kier molecular flexibility index (Phi) is 6.41. The molecule has 33 heavy (non-hydrogen) atoms.